The van der Waals surface area contributed by atoms with E-state index in [0.29, 0.717) is 12.0 Å². The molecule has 0 atom stereocenters. The van der Waals surface area contributed by atoms with Crippen LogP contribution < -0.4 is 4.90 Å². The summed E-state index contributed by atoms with van der Waals surface area (Å²) in [6, 6.07) is 2.66. The maximum absolute atomic E-state index is 4.88. The summed E-state index contributed by atoms with van der Waals surface area (Å²) >= 11 is 0. The molecule has 0 aromatic carbocycles. The van der Waals surface area contributed by atoms with Crippen molar-refractivity contribution in [1.82, 2.24) is 4.98 Å². The number of rotatable bonds is 2. The van der Waals surface area contributed by atoms with Crippen LogP contribution in [-0.4, -0.2) is 11.0 Å². The van der Waals surface area contributed by atoms with Crippen molar-refractivity contribution in [3.63, 3.8) is 0 Å². The summed E-state index contributed by atoms with van der Waals surface area (Å²) in [7, 11) is 0. The molecule has 1 aliphatic rings. The summed E-state index contributed by atoms with van der Waals surface area (Å²) in [5.41, 5.74) is 8.90. The smallest absolute Gasteiger partial charge is 0.0904 e. The third-order valence-corrected chi connectivity index (χ3v) is 4.43. The maximum Gasteiger partial charge on any atom is 0.0904 e. The maximum atomic E-state index is 4.88. The number of aromatic nitrogens is 1. The van der Waals surface area contributed by atoms with E-state index in [1.54, 1.807) is 0 Å². The van der Waals surface area contributed by atoms with Crippen molar-refractivity contribution in [3.05, 3.63) is 40.4 Å². The first-order valence-corrected chi connectivity index (χ1v) is 7.90. The van der Waals surface area contributed by atoms with Gasteiger partial charge in [-0.15, -0.1) is 0 Å². The van der Waals surface area contributed by atoms with Gasteiger partial charge in [-0.25, -0.2) is 0 Å². The average Bonchev–Trinajstić information content (AvgIpc) is 2.49. The second kappa shape index (κ2) is 5.67. The van der Waals surface area contributed by atoms with Crippen LogP contribution in [0.1, 0.15) is 71.3 Å². The monoisotopic (exact) mass is 284 g/mol. The molecule has 114 valence electrons. The van der Waals surface area contributed by atoms with Crippen LogP contribution in [-0.2, 0) is 0 Å². The molecule has 21 heavy (non-hydrogen) atoms. The average molecular weight is 284 g/mol. The zero-order chi connectivity index (χ0) is 15.9. The lowest BCUT2D eigenvalue weighted by Gasteiger charge is -2.30. The first-order valence-electron chi connectivity index (χ1n) is 7.90. The third-order valence-electron chi connectivity index (χ3n) is 4.43. The van der Waals surface area contributed by atoms with Crippen molar-refractivity contribution in [2.75, 3.05) is 4.90 Å². The zero-order valence-electron chi connectivity index (χ0n) is 14.7. The van der Waals surface area contributed by atoms with Crippen molar-refractivity contribution < 1.29 is 0 Å². The minimum atomic E-state index is 0.416. The fourth-order valence-electron chi connectivity index (χ4n) is 2.92. The summed E-state index contributed by atoms with van der Waals surface area (Å²) in [6.45, 7) is 17.7. The van der Waals surface area contributed by atoms with Crippen LogP contribution in [0.5, 0.6) is 0 Å². The van der Waals surface area contributed by atoms with Gasteiger partial charge >= 0.3 is 0 Å². The fraction of sp³-hybridized carbons (Fsp3) is 0.526. The molecule has 0 saturated carbocycles. The number of pyridine rings is 1. The molecule has 0 amide bonds. The molecule has 2 heteroatoms. The van der Waals surface area contributed by atoms with E-state index in [1.807, 2.05) is 0 Å². The van der Waals surface area contributed by atoms with Gasteiger partial charge in [0.05, 0.1) is 11.4 Å². The van der Waals surface area contributed by atoms with E-state index in [9.17, 15) is 0 Å². The lowest BCUT2D eigenvalue weighted by atomic mass is 9.95. The summed E-state index contributed by atoms with van der Waals surface area (Å²) in [4.78, 5) is 7.28. The molecule has 2 heterocycles. The molecule has 0 aliphatic carbocycles. The molecule has 0 N–H and O–H groups in total. The Morgan fingerprint density at radius 3 is 2.10 bits per heavy atom. The van der Waals surface area contributed by atoms with Gasteiger partial charge in [-0.2, -0.15) is 0 Å². The molecule has 2 rings (SSSR count). The van der Waals surface area contributed by atoms with Gasteiger partial charge in [0.2, 0.25) is 0 Å². The summed E-state index contributed by atoms with van der Waals surface area (Å²) < 4.78 is 0. The standard InChI is InChI=1S/C19H28N2/c1-11(2)17-9-14(6)20-18-16(8)15(7)13(5)10-21(12(3)4)19(17)18/h9-12H,1-8H3. The lowest BCUT2D eigenvalue weighted by molar-refractivity contribution is 0.758. The number of hydrogen-bond acceptors (Lipinski definition) is 2. The Hall–Kier alpha value is -1.57. The SMILES string of the molecule is CC1=CN(C(C)C)c2c(C(C)C)cc(C)nc2C(C)=C1C. The molecule has 0 bridgehead atoms. The van der Waals surface area contributed by atoms with Gasteiger partial charge in [-0.3, -0.25) is 4.98 Å². The second-order valence-corrected chi connectivity index (χ2v) is 6.77. The van der Waals surface area contributed by atoms with Gasteiger partial charge < -0.3 is 4.90 Å². The molecule has 0 unspecified atom stereocenters. The van der Waals surface area contributed by atoms with Crippen LogP contribution in [0, 0.1) is 6.92 Å². The summed E-state index contributed by atoms with van der Waals surface area (Å²) in [6.07, 6.45) is 2.29. The Morgan fingerprint density at radius 1 is 0.952 bits per heavy atom. The van der Waals surface area contributed by atoms with Crippen molar-refractivity contribution in [2.24, 2.45) is 0 Å². The van der Waals surface area contributed by atoms with E-state index in [4.69, 9.17) is 4.98 Å². The summed E-state index contributed by atoms with van der Waals surface area (Å²) in [5, 5.41) is 0. The Balaban J connectivity index is 2.87. The van der Waals surface area contributed by atoms with Crippen LogP contribution in [0.25, 0.3) is 5.57 Å². The van der Waals surface area contributed by atoms with E-state index >= 15 is 0 Å². The largest absolute Gasteiger partial charge is 0.343 e. The number of aryl methyl sites for hydroxylation is 1. The van der Waals surface area contributed by atoms with Gasteiger partial charge in [0, 0.05) is 17.9 Å². The predicted molar refractivity (Wildman–Crippen MR) is 92.7 cm³/mol. The molecule has 1 aliphatic heterocycles. The molecule has 0 spiro atoms. The Labute approximate surface area is 129 Å². The highest BCUT2D eigenvalue weighted by atomic mass is 15.2. The van der Waals surface area contributed by atoms with Gasteiger partial charge in [0.1, 0.15) is 0 Å². The molecular weight excluding hydrogens is 256 g/mol. The first kappa shape index (κ1) is 15.8. The second-order valence-electron chi connectivity index (χ2n) is 6.77. The topological polar surface area (TPSA) is 16.1 Å². The Kier molecular flexibility index (Phi) is 4.27. The molecule has 1 aromatic heterocycles. The number of hydrogen-bond donors (Lipinski definition) is 0. The molecule has 0 radical (unpaired) electrons. The highest BCUT2D eigenvalue weighted by Gasteiger charge is 2.25. The minimum absolute atomic E-state index is 0.416. The van der Waals surface area contributed by atoms with Crippen LogP contribution in [0.4, 0.5) is 5.69 Å². The van der Waals surface area contributed by atoms with Crippen molar-refractivity contribution in [2.45, 2.75) is 67.3 Å². The molecule has 2 nitrogen and oxygen atoms in total. The van der Waals surface area contributed by atoms with Gasteiger partial charge in [-0.1, -0.05) is 13.8 Å². The van der Waals surface area contributed by atoms with E-state index < -0.39 is 0 Å². The lowest BCUT2D eigenvalue weighted by Crippen LogP contribution is -2.27. The van der Waals surface area contributed by atoms with Gasteiger partial charge in [0.15, 0.2) is 0 Å². The fourth-order valence-corrected chi connectivity index (χ4v) is 2.92. The number of fused-ring (bicyclic) bond motifs is 1. The van der Waals surface area contributed by atoms with Crippen LogP contribution in [0.2, 0.25) is 0 Å². The Morgan fingerprint density at radius 2 is 1.57 bits per heavy atom. The Bertz CT molecular complexity index is 619. The highest BCUT2D eigenvalue weighted by Crippen LogP contribution is 2.40. The van der Waals surface area contributed by atoms with E-state index in [2.05, 4.69) is 72.6 Å². The van der Waals surface area contributed by atoms with Crippen molar-refractivity contribution in [3.8, 4) is 0 Å². The van der Waals surface area contributed by atoms with E-state index in [1.165, 1.54) is 28.0 Å². The van der Waals surface area contributed by atoms with Crippen LogP contribution in [0.15, 0.2) is 23.4 Å². The number of anilines is 1. The summed E-state index contributed by atoms with van der Waals surface area (Å²) in [5.74, 6) is 0.488. The van der Waals surface area contributed by atoms with Gasteiger partial charge in [-0.05, 0) is 75.8 Å². The van der Waals surface area contributed by atoms with E-state index in [0.717, 1.165) is 11.4 Å². The first-order chi connectivity index (χ1) is 9.73. The third kappa shape index (κ3) is 2.76. The zero-order valence-corrected chi connectivity index (χ0v) is 14.7. The van der Waals surface area contributed by atoms with Crippen molar-refractivity contribution >= 4 is 11.3 Å². The normalized spacial score (nSPS) is 15.5. The van der Waals surface area contributed by atoms with Crippen LogP contribution >= 0.6 is 0 Å². The van der Waals surface area contributed by atoms with Crippen molar-refractivity contribution in [1.29, 1.82) is 0 Å². The molecule has 0 fully saturated rings. The number of allylic oxidation sites excluding steroid dienone is 3. The highest BCUT2D eigenvalue weighted by molar-refractivity contribution is 5.82. The number of nitrogens with zero attached hydrogens (tertiary/aromatic N) is 2. The minimum Gasteiger partial charge on any atom is -0.343 e. The molecule has 1 aromatic rings. The molecule has 0 saturated heterocycles. The van der Waals surface area contributed by atoms with E-state index in [-0.39, 0.29) is 0 Å². The van der Waals surface area contributed by atoms with Gasteiger partial charge in [0.25, 0.3) is 0 Å². The van der Waals surface area contributed by atoms with Crippen LogP contribution in [0.3, 0.4) is 0 Å². The quantitative estimate of drug-likeness (QED) is 0.719. The predicted octanol–water partition coefficient (Wildman–Crippen LogP) is 5.44. The molecular formula is C19H28N2.